The Morgan fingerprint density at radius 2 is 1.47 bits per heavy atom. The Kier molecular flexibility index (Phi) is 3.33. The molecule has 0 atom stereocenters. The summed E-state index contributed by atoms with van der Waals surface area (Å²) >= 11 is 0. The third-order valence-corrected chi connectivity index (χ3v) is 4.44. The van der Waals surface area contributed by atoms with Crippen LogP contribution in [0.15, 0.2) is 0 Å². The molecule has 15 heavy (non-hydrogen) atoms. The SMILES string of the molecule is OCC1(C2(O)CNC2)CCCCCCC1. The Bertz CT molecular complexity index is 206. The van der Waals surface area contributed by atoms with E-state index in [1.54, 1.807) is 0 Å². The summed E-state index contributed by atoms with van der Waals surface area (Å²) in [6.45, 7) is 1.46. The van der Waals surface area contributed by atoms with Gasteiger partial charge in [-0.1, -0.05) is 32.1 Å². The van der Waals surface area contributed by atoms with Crippen LogP contribution in [-0.4, -0.2) is 35.5 Å². The highest BCUT2D eigenvalue weighted by Crippen LogP contribution is 2.44. The van der Waals surface area contributed by atoms with Crippen LogP contribution < -0.4 is 5.32 Å². The summed E-state index contributed by atoms with van der Waals surface area (Å²) < 4.78 is 0. The number of aliphatic hydroxyl groups excluding tert-OH is 1. The van der Waals surface area contributed by atoms with Crippen molar-refractivity contribution in [1.29, 1.82) is 0 Å². The van der Waals surface area contributed by atoms with Crippen LogP contribution in [0.2, 0.25) is 0 Å². The third-order valence-electron chi connectivity index (χ3n) is 4.44. The van der Waals surface area contributed by atoms with Crippen LogP contribution in [0.5, 0.6) is 0 Å². The molecule has 0 spiro atoms. The van der Waals surface area contributed by atoms with E-state index in [4.69, 9.17) is 0 Å². The first kappa shape index (κ1) is 11.4. The van der Waals surface area contributed by atoms with Gasteiger partial charge in [-0.15, -0.1) is 0 Å². The van der Waals surface area contributed by atoms with Gasteiger partial charge >= 0.3 is 0 Å². The van der Waals surface area contributed by atoms with Gasteiger partial charge < -0.3 is 15.5 Å². The lowest BCUT2D eigenvalue weighted by Crippen LogP contribution is -2.69. The fourth-order valence-corrected chi connectivity index (χ4v) is 3.09. The molecule has 2 fully saturated rings. The van der Waals surface area contributed by atoms with Crippen LogP contribution in [-0.2, 0) is 0 Å². The number of rotatable bonds is 2. The quantitative estimate of drug-likeness (QED) is 0.642. The maximum Gasteiger partial charge on any atom is 0.0972 e. The lowest BCUT2D eigenvalue weighted by molar-refractivity contribution is -0.150. The Hall–Kier alpha value is -0.120. The lowest BCUT2D eigenvalue weighted by Gasteiger charge is -2.53. The molecule has 1 aliphatic carbocycles. The summed E-state index contributed by atoms with van der Waals surface area (Å²) in [6, 6.07) is 0. The van der Waals surface area contributed by atoms with Gasteiger partial charge in [-0.3, -0.25) is 0 Å². The van der Waals surface area contributed by atoms with Crippen LogP contribution in [0.4, 0.5) is 0 Å². The molecule has 0 aromatic carbocycles. The molecule has 3 heteroatoms. The van der Waals surface area contributed by atoms with E-state index >= 15 is 0 Å². The Balaban J connectivity index is 2.09. The highest BCUT2D eigenvalue weighted by Gasteiger charge is 2.52. The Morgan fingerprint density at radius 1 is 0.933 bits per heavy atom. The number of hydrogen-bond donors (Lipinski definition) is 3. The molecule has 0 amide bonds. The van der Waals surface area contributed by atoms with Gasteiger partial charge in [0.15, 0.2) is 0 Å². The molecule has 0 aromatic heterocycles. The average molecular weight is 213 g/mol. The van der Waals surface area contributed by atoms with E-state index in [-0.39, 0.29) is 12.0 Å². The number of β-amino-alcohol motifs (C(OH)–C–C–N with tert-alkyl or cyclic N) is 1. The van der Waals surface area contributed by atoms with Crippen LogP contribution in [0, 0.1) is 5.41 Å². The molecule has 3 nitrogen and oxygen atoms in total. The minimum absolute atomic E-state index is 0.144. The zero-order valence-electron chi connectivity index (χ0n) is 9.47. The summed E-state index contributed by atoms with van der Waals surface area (Å²) in [4.78, 5) is 0. The van der Waals surface area contributed by atoms with E-state index in [1.165, 1.54) is 19.3 Å². The molecule has 1 heterocycles. The van der Waals surface area contributed by atoms with Crippen molar-refractivity contribution in [2.45, 2.75) is 50.5 Å². The predicted molar refractivity (Wildman–Crippen MR) is 59.7 cm³/mol. The molecular formula is C12H23NO2. The molecule has 3 N–H and O–H groups in total. The zero-order chi connectivity index (χ0) is 10.8. The van der Waals surface area contributed by atoms with Crippen LogP contribution in [0.25, 0.3) is 0 Å². The normalized spacial score (nSPS) is 30.0. The summed E-state index contributed by atoms with van der Waals surface area (Å²) in [5.74, 6) is 0. The molecule has 1 saturated heterocycles. The third kappa shape index (κ3) is 1.93. The average Bonchev–Trinajstić information content (AvgIpc) is 2.15. The maximum absolute atomic E-state index is 10.5. The largest absolute Gasteiger partial charge is 0.396 e. The number of nitrogens with one attached hydrogen (secondary N) is 1. The van der Waals surface area contributed by atoms with Crippen molar-refractivity contribution in [3.63, 3.8) is 0 Å². The standard InChI is InChI=1S/C12H23NO2/c14-10-11(12(15)8-13-9-12)6-4-2-1-3-5-7-11/h13-15H,1-10H2. The Labute approximate surface area is 91.9 Å². The van der Waals surface area contributed by atoms with Crippen molar-refractivity contribution in [3.8, 4) is 0 Å². The molecule has 1 saturated carbocycles. The monoisotopic (exact) mass is 213 g/mol. The highest BCUT2D eigenvalue weighted by molar-refractivity contribution is 5.07. The van der Waals surface area contributed by atoms with E-state index in [0.29, 0.717) is 13.1 Å². The van der Waals surface area contributed by atoms with Gasteiger partial charge in [0.1, 0.15) is 0 Å². The molecule has 2 aliphatic rings. The summed E-state index contributed by atoms with van der Waals surface area (Å²) in [5.41, 5.74) is -0.863. The van der Waals surface area contributed by atoms with Gasteiger partial charge in [-0.2, -0.15) is 0 Å². The minimum atomic E-state index is -0.640. The minimum Gasteiger partial charge on any atom is -0.396 e. The lowest BCUT2D eigenvalue weighted by atomic mass is 9.62. The van der Waals surface area contributed by atoms with Gasteiger partial charge in [-0.25, -0.2) is 0 Å². The molecular weight excluding hydrogens is 190 g/mol. The van der Waals surface area contributed by atoms with Crippen molar-refractivity contribution in [1.82, 2.24) is 5.32 Å². The first-order valence-corrected chi connectivity index (χ1v) is 6.26. The smallest absolute Gasteiger partial charge is 0.0972 e. The van der Waals surface area contributed by atoms with Gasteiger partial charge in [-0.05, 0) is 12.8 Å². The maximum atomic E-state index is 10.5. The first-order valence-electron chi connectivity index (χ1n) is 6.26. The van der Waals surface area contributed by atoms with E-state index in [2.05, 4.69) is 5.32 Å². The van der Waals surface area contributed by atoms with E-state index in [9.17, 15) is 10.2 Å². The van der Waals surface area contributed by atoms with Crippen molar-refractivity contribution in [3.05, 3.63) is 0 Å². The second-order valence-electron chi connectivity index (χ2n) is 5.34. The van der Waals surface area contributed by atoms with Crippen molar-refractivity contribution < 1.29 is 10.2 Å². The van der Waals surface area contributed by atoms with Crippen molar-refractivity contribution in [2.24, 2.45) is 5.41 Å². The summed E-state index contributed by atoms with van der Waals surface area (Å²) in [7, 11) is 0. The van der Waals surface area contributed by atoms with Crippen LogP contribution >= 0.6 is 0 Å². The fraction of sp³-hybridized carbons (Fsp3) is 1.00. The molecule has 0 radical (unpaired) electrons. The van der Waals surface area contributed by atoms with Gasteiger partial charge in [0.2, 0.25) is 0 Å². The second-order valence-corrected chi connectivity index (χ2v) is 5.34. The van der Waals surface area contributed by atoms with Gasteiger partial charge in [0, 0.05) is 18.5 Å². The predicted octanol–water partition coefficient (Wildman–Crippen LogP) is 1.04. The van der Waals surface area contributed by atoms with Crippen LogP contribution in [0.1, 0.15) is 44.9 Å². The van der Waals surface area contributed by atoms with Crippen molar-refractivity contribution in [2.75, 3.05) is 19.7 Å². The van der Waals surface area contributed by atoms with Crippen molar-refractivity contribution >= 4 is 0 Å². The summed E-state index contributed by atoms with van der Waals surface area (Å²) in [6.07, 6.45) is 8.11. The van der Waals surface area contributed by atoms with Gasteiger partial charge in [0.05, 0.1) is 12.2 Å². The highest BCUT2D eigenvalue weighted by atomic mass is 16.3. The molecule has 88 valence electrons. The first-order chi connectivity index (χ1) is 7.22. The van der Waals surface area contributed by atoms with Crippen LogP contribution in [0.3, 0.4) is 0 Å². The van der Waals surface area contributed by atoms with E-state index in [0.717, 1.165) is 25.7 Å². The Morgan fingerprint density at radius 3 is 1.87 bits per heavy atom. The topological polar surface area (TPSA) is 52.5 Å². The number of hydrogen-bond acceptors (Lipinski definition) is 3. The molecule has 0 aromatic rings. The summed E-state index contributed by atoms with van der Waals surface area (Å²) in [5, 5.41) is 23.3. The second kappa shape index (κ2) is 4.40. The molecule has 2 rings (SSSR count). The van der Waals surface area contributed by atoms with Gasteiger partial charge in [0.25, 0.3) is 0 Å². The number of aliphatic hydroxyl groups is 2. The van der Waals surface area contributed by atoms with E-state index in [1.807, 2.05) is 0 Å². The molecule has 0 bridgehead atoms. The fourth-order valence-electron chi connectivity index (χ4n) is 3.09. The molecule has 0 unspecified atom stereocenters. The molecule has 1 aliphatic heterocycles. The van der Waals surface area contributed by atoms with E-state index < -0.39 is 5.60 Å². The zero-order valence-corrected chi connectivity index (χ0v) is 9.47.